The van der Waals surface area contributed by atoms with Crippen LogP contribution in [0.2, 0.25) is 0 Å². The van der Waals surface area contributed by atoms with E-state index < -0.39 is 11.4 Å². The van der Waals surface area contributed by atoms with Crippen LogP contribution in [0, 0.1) is 5.82 Å². The van der Waals surface area contributed by atoms with Gasteiger partial charge in [-0.15, -0.1) is 10.2 Å². The third-order valence-corrected chi connectivity index (χ3v) is 5.25. The molecule has 31 heavy (non-hydrogen) atoms. The molecule has 3 aromatic heterocycles. The summed E-state index contributed by atoms with van der Waals surface area (Å²) in [6.45, 7) is 2.02. The van der Waals surface area contributed by atoms with E-state index in [0.717, 1.165) is 22.6 Å². The van der Waals surface area contributed by atoms with E-state index in [1.54, 1.807) is 36.0 Å². The molecule has 5 rings (SSSR count). The monoisotopic (exact) mass is 415 g/mol. The highest BCUT2D eigenvalue weighted by Crippen LogP contribution is 2.30. The van der Waals surface area contributed by atoms with Crippen molar-refractivity contribution in [3.8, 4) is 22.6 Å². The van der Waals surface area contributed by atoms with Gasteiger partial charge in [0.05, 0.1) is 24.1 Å². The van der Waals surface area contributed by atoms with Crippen LogP contribution in [0.25, 0.3) is 33.5 Å². The lowest BCUT2D eigenvalue weighted by Crippen LogP contribution is -2.20. The molecule has 0 bridgehead atoms. The van der Waals surface area contributed by atoms with Crippen LogP contribution in [-0.2, 0) is 6.42 Å². The van der Waals surface area contributed by atoms with Gasteiger partial charge in [-0.1, -0.05) is 25.1 Å². The van der Waals surface area contributed by atoms with Gasteiger partial charge in [0, 0.05) is 6.20 Å². The first kappa shape index (κ1) is 18.9. The number of fused-ring (bicyclic) bond motifs is 3. The van der Waals surface area contributed by atoms with Gasteiger partial charge in [0.15, 0.2) is 11.2 Å². The minimum absolute atomic E-state index is 0.158. The number of aryl methyl sites for hydroxylation is 1. The quantitative estimate of drug-likeness (QED) is 0.446. The SMILES string of the molecule is CCc1nn2c(nnc3c(=O)n(-c4cccc(F)c4)ccc32)c1-c1ccc(OC)cc1. The average molecular weight is 415 g/mol. The second kappa shape index (κ2) is 7.32. The first-order chi connectivity index (χ1) is 15.1. The normalized spacial score (nSPS) is 11.3. The van der Waals surface area contributed by atoms with E-state index >= 15 is 0 Å². The number of ether oxygens (including phenoxy) is 1. The summed E-state index contributed by atoms with van der Waals surface area (Å²) >= 11 is 0. The number of rotatable bonds is 4. The largest absolute Gasteiger partial charge is 0.497 e. The van der Waals surface area contributed by atoms with Crippen LogP contribution in [0.15, 0.2) is 65.6 Å². The lowest BCUT2D eigenvalue weighted by Gasteiger charge is -2.07. The van der Waals surface area contributed by atoms with Crippen molar-refractivity contribution in [3.63, 3.8) is 0 Å². The molecule has 7 nitrogen and oxygen atoms in total. The fraction of sp³-hybridized carbons (Fsp3) is 0.130. The van der Waals surface area contributed by atoms with E-state index in [1.165, 1.54) is 16.7 Å². The molecule has 0 amide bonds. The van der Waals surface area contributed by atoms with Crippen molar-refractivity contribution in [3.05, 3.63) is 82.7 Å². The zero-order valence-corrected chi connectivity index (χ0v) is 16.9. The summed E-state index contributed by atoms with van der Waals surface area (Å²) in [6, 6.07) is 15.2. The van der Waals surface area contributed by atoms with E-state index in [1.807, 2.05) is 31.2 Å². The first-order valence-electron chi connectivity index (χ1n) is 9.80. The molecule has 5 aromatic rings. The maximum atomic E-state index is 13.6. The van der Waals surface area contributed by atoms with E-state index in [0.29, 0.717) is 23.3 Å². The summed E-state index contributed by atoms with van der Waals surface area (Å²) < 4.78 is 21.9. The molecule has 3 heterocycles. The standard InChI is InChI=1S/C23H18FN5O2/c1-3-18-20(14-7-9-17(31-2)10-8-14)22-26-25-21-19(29(22)27-18)11-12-28(23(21)30)16-6-4-5-15(24)13-16/h4-13H,3H2,1-2H3. The Bertz CT molecular complexity index is 1490. The number of nitrogens with zero attached hydrogens (tertiary/aromatic N) is 5. The van der Waals surface area contributed by atoms with Crippen molar-refractivity contribution in [1.82, 2.24) is 24.4 Å². The van der Waals surface area contributed by atoms with Gasteiger partial charge in [0.25, 0.3) is 5.56 Å². The molecule has 8 heteroatoms. The van der Waals surface area contributed by atoms with Gasteiger partial charge in [0.1, 0.15) is 17.1 Å². The summed E-state index contributed by atoms with van der Waals surface area (Å²) in [6.07, 6.45) is 2.29. The number of pyridine rings is 1. The number of hydrogen-bond donors (Lipinski definition) is 0. The van der Waals surface area contributed by atoms with E-state index in [-0.39, 0.29) is 5.52 Å². The van der Waals surface area contributed by atoms with E-state index in [4.69, 9.17) is 9.84 Å². The van der Waals surface area contributed by atoms with Gasteiger partial charge in [-0.3, -0.25) is 9.36 Å². The molecule has 0 saturated heterocycles. The highest BCUT2D eigenvalue weighted by atomic mass is 19.1. The summed E-state index contributed by atoms with van der Waals surface area (Å²) in [5.74, 6) is 0.336. The van der Waals surface area contributed by atoms with Crippen LogP contribution in [-0.4, -0.2) is 31.5 Å². The number of benzene rings is 2. The number of methoxy groups -OCH3 is 1. The Morgan fingerprint density at radius 2 is 1.87 bits per heavy atom. The average Bonchev–Trinajstić information content (AvgIpc) is 3.18. The maximum Gasteiger partial charge on any atom is 0.285 e. The molecule has 0 aliphatic heterocycles. The summed E-state index contributed by atoms with van der Waals surface area (Å²) in [5, 5.41) is 13.3. The van der Waals surface area contributed by atoms with Gasteiger partial charge in [-0.25, -0.2) is 8.91 Å². The lowest BCUT2D eigenvalue weighted by atomic mass is 10.0. The second-order valence-corrected chi connectivity index (χ2v) is 7.04. The highest BCUT2D eigenvalue weighted by Gasteiger charge is 2.19. The Morgan fingerprint density at radius 3 is 2.58 bits per heavy atom. The van der Waals surface area contributed by atoms with Crippen molar-refractivity contribution < 1.29 is 9.13 Å². The first-order valence-corrected chi connectivity index (χ1v) is 9.80. The molecule has 0 atom stereocenters. The molecule has 0 spiro atoms. The Morgan fingerprint density at radius 1 is 1.06 bits per heavy atom. The van der Waals surface area contributed by atoms with Gasteiger partial charge < -0.3 is 4.74 Å². The zero-order chi connectivity index (χ0) is 21.5. The molecule has 0 N–H and O–H groups in total. The predicted octanol–water partition coefficient (Wildman–Crippen LogP) is 3.81. The zero-order valence-electron chi connectivity index (χ0n) is 16.9. The van der Waals surface area contributed by atoms with Crippen LogP contribution in [0.4, 0.5) is 4.39 Å². The van der Waals surface area contributed by atoms with Crippen LogP contribution < -0.4 is 10.3 Å². The van der Waals surface area contributed by atoms with Gasteiger partial charge in [-0.05, 0) is 48.4 Å². The van der Waals surface area contributed by atoms with Crippen molar-refractivity contribution in [2.45, 2.75) is 13.3 Å². The molecule has 0 saturated carbocycles. The summed E-state index contributed by atoms with van der Waals surface area (Å²) in [7, 11) is 1.62. The molecule has 2 aromatic carbocycles. The smallest absolute Gasteiger partial charge is 0.285 e. The van der Waals surface area contributed by atoms with Crippen molar-refractivity contribution in [2.75, 3.05) is 7.11 Å². The molecular formula is C23H18FN5O2. The molecule has 0 aliphatic carbocycles. The minimum atomic E-state index is -0.421. The summed E-state index contributed by atoms with van der Waals surface area (Å²) in [4.78, 5) is 13.1. The number of aromatic nitrogens is 5. The van der Waals surface area contributed by atoms with Crippen LogP contribution in [0.1, 0.15) is 12.6 Å². The Labute approximate surface area is 176 Å². The Kier molecular flexibility index (Phi) is 4.47. The van der Waals surface area contributed by atoms with Gasteiger partial charge in [0.2, 0.25) is 0 Å². The molecule has 0 radical (unpaired) electrons. The van der Waals surface area contributed by atoms with Gasteiger partial charge >= 0.3 is 0 Å². The van der Waals surface area contributed by atoms with Crippen LogP contribution in [0.5, 0.6) is 5.75 Å². The molecule has 0 aliphatic rings. The number of hydrogen-bond acceptors (Lipinski definition) is 5. The molecule has 0 fully saturated rings. The maximum absolute atomic E-state index is 13.6. The van der Waals surface area contributed by atoms with Gasteiger partial charge in [-0.2, -0.15) is 5.10 Å². The summed E-state index contributed by atoms with van der Waals surface area (Å²) in [5.41, 5.74) is 3.95. The fourth-order valence-corrected chi connectivity index (χ4v) is 3.72. The Balaban J connectivity index is 1.75. The predicted molar refractivity (Wildman–Crippen MR) is 115 cm³/mol. The molecule has 154 valence electrons. The van der Waals surface area contributed by atoms with Crippen LogP contribution >= 0.6 is 0 Å². The topological polar surface area (TPSA) is 74.3 Å². The highest BCUT2D eigenvalue weighted by molar-refractivity contribution is 5.85. The fourth-order valence-electron chi connectivity index (χ4n) is 3.72. The third-order valence-electron chi connectivity index (χ3n) is 5.25. The second-order valence-electron chi connectivity index (χ2n) is 7.04. The van der Waals surface area contributed by atoms with Crippen molar-refractivity contribution in [2.24, 2.45) is 0 Å². The molecule has 0 unspecified atom stereocenters. The van der Waals surface area contributed by atoms with E-state index in [2.05, 4.69) is 10.2 Å². The van der Waals surface area contributed by atoms with Crippen molar-refractivity contribution >= 4 is 16.7 Å². The minimum Gasteiger partial charge on any atom is -0.497 e. The third kappa shape index (κ3) is 3.04. The molecular weight excluding hydrogens is 397 g/mol. The van der Waals surface area contributed by atoms with E-state index in [9.17, 15) is 9.18 Å². The number of halogens is 1. The van der Waals surface area contributed by atoms with Crippen LogP contribution in [0.3, 0.4) is 0 Å². The Hall–Kier alpha value is -4.07. The lowest BCUT2D eigenvalue weighted by molar-refractivity contribution is 0.415. The van der Waals surface area contributed by atoms with Crippen molar-refractivity contribution in [1.29, 1.82) is 0 Å².